The molecule has 0 bridgehead atoms. The SMILES string of the molecule is CN(CC(=O)Nc1ccc(Cl)c(Cl)c1)CC(=O)NC1CCCC1. The van der Waals surface area contributed by atoms with E-state index < -0.39 is 0 Å². The van der Waals surface area contributed by atoms with E-state index in [-0.39, 0.29) is 24.9 Å². The van der Waals surface area contributed by atoms with Crippen molar-refractivity contribution in [3.05, 3.63) is 28.2 Å². The predicted molar refractivity (Wildman–Crippen MR) is 93.0 cm³/mol. The molecule has 0 aliphatic heterocycles. The van der Waals surface area contributed by atoms with Crippen LogP contribution in [0.25, 0.3) is 0 Å². The van der Waals surface area contributed by atoms with Crippen molar-refractivity contribution in [2.24, 2.45) is 0 Å². The van der Waals surface area contributed by atoms with Crippen LogP contribution >= 0.6 is 23.2 Å². The first-order valence-corrected chi connectivity index (χ1v) is 8.42. The molecule has 2 N–H and O–H groups in total. The minimum Gasteiger partial charge on any atom is -0.352 e. The second-order valence-corrected chi connectivity index (χ2v) is 6.71. The molecule has 0 heterocycles. The quantitative estimate of drug-likeness (QED) is 0.822. The number of rotatable bonds is 6. The molecule has 0 saturated heterocycles. The normalized spacial score (nSPS) is 15.0. The van der Waals surface area contributed by atoms with Crippen molar-refractivity contribution in [2.75, 3.05) is 25.5 Å². The molecule has 0 aromatic heterocycles. The summed E-state index contributed by atoms with van der Waals surface area (Å²) in [6.45, 7) is 0.323. The lowest BCUT2D eigenvalue weighted by molar-refractivity contribution is -0.123. The number of halogens is 2. The van der Waals surface area contributed by atoms with Crippen LogP contribution in [-0.4, -0.2) is 42.9 Å². The molecule has 2 amide bonds. The summed E-state index contributed by atoms with van der Waals surface area (Å²) in [6.07, 6.45) is 4.44. The van der Waals surface area contributed by atoms with E-state index in [9.17, 15) is 9.59 Å². The number of likely N-dealkylation sites (N-methyl/N-ethyl adjacent to an activating group) is 1. The van der Waals surface area contributed by atoms with Crippen LogP contribution in [0.2, 0.25) is 10.0 Å². The summed E-state index contributed by atoms with van der Waals surface area (Å²) in [6, 6.07) is 5.19. The third kappa shape index (κ3) is 6.01. The van der Waals surface area contributed by atoms with Crippen molar-refractivity contribution >= 4 is 40.7 Å². The summed E-state index contributed by atoms with van der Waals surface area (Å²) >= 11 is 11.7. The highest BCUT2D eigenvalue weighted by molar-refractivity contribution is 6.42. The summed E-state index contributed by atoms with van der Waals surface area (Å²) in [5, 5.41) is 6.55. The summed E-state index contributed by atoms with van der Waals surface area (Å²) in [4.78, 5) is 25.6. The van der Waals surface area contributed by atoms with E-state index in [0.29, 0.717) is 21.8 Å². The molecule has 1 aromatic rings. The second-order valence-electron chi connectivity index (χ2n) is 5.90. The van der Waals surface area contributed by atoms with E-state index in [2.05, 4.69) is 10.6 Å². The Morgan fingerprint density at radius 3 is 2.43 bits per heavy atom. The van der Waals surface area contributed by atoms with E-state index in [1.807, 2.05) is 0 Å². The lowest BCUT2D eigenvalue weighted by Crippen LogP contribution is -2.42. The number of benzene rings is 1. The highest BCUT2D eigenvalue weighted by atomic mass is 35.5. The Hall–Kier alpha value is -1.30. The van der Waals surface area contributed by atoms with E-state index in [1.54, 1.807) is 30.1 Å². The average molecular weight is 358 g/mol. The van der Waals surface area contributed by atoms with Gasteiger partial charge in [-0.25, -0.2) is 0 Å². The molecule has 1 aliphatic rings. The van der Waals surface area contributed by atoms with E-state index >= 15 is 0 Å². The van der Waals surface area contributed by atoms with E-state index in [4.69, 9.17) is 23.2 Å². The molecule has 5 nitrogen and oxygen atoms in total. The average Bonchev–Trinajstić information content (AvgIpc) is 2.95. The van der Waals surface area contributed by atoms with Gasteiger partial charge in [0, 0.05) is 11.7 Å². The maximum Gasteiger partial charge on any atom is 0.238 e. The van der Waals surface area contributed by atoms with Gasteiger partial charge >= 0.3 is 0 Å². The predicted octanol–water partition coefficient (Wildman–Crippen LogP) is 2.92. The summed E-state index contributed by atoms with van der Waals surface area (Å²) in [7, 11) is 1.74. The van der Waals surface area contributed by atoms with Crippen molar-refractivity contribution in [1.29, 1.82) is 0 Å². The standard InChI is InChI=1S/C16H21Cl2N3O2/c1-21(9-15(22)19-11-4-2-3-5-11)10-16(23)20-12-6-7-13(17)14(18)8-12/h6-8,11H,2-5,9-10H2,1H3,(H,19,22)(H,20,23). The molecule has 1 fully saturated rings. The number of nitrogens with zero attached hydrogens (tertiary/aromatic N) is 1. The van der Waals surface area contributed by atoms with Crippen LogP contribution in [0.3, 0.4) is 0 Å². The molecule has 0 radical (unpaired) electrons. The monoisotopic (exact) mass is 357 g/mol. The second kappa shape index (κ2) is 8.52. The number of anilines is 1. The Balaban J connectivity index is 1.75. The van der Waals surface area contributed by atoms with Gasteiger partial charge in [-0.1, -0.05) is 36.0 Å². The maximum atomic E-state index is 12.0. The van der Waals surface area contributed by atoms with Crippen LogP contribution in [0.1, 0.15) is 25.7 Å². The number of carbonyl (C=O) groups excluding carboxylic acids is 2. The molecule has 23 heavy (non-hydrogen) atoms. The third-order valence-electron chi connectivity index (χ3n) is 3.75. The zero-order valence-corrected chi connectivity index (χ0v) is 14.6. The molecule has 1 saturated carbocycles. The van der Waals surface area contributed by atoms with Gasteiger partial charge in [0.2, 0.25) is 11.8 Å². The summed E-state index contributed by atoms with van der Waals surface area (Å²) < 4.78 is 0. The minimum atomic E-state index is -0.209. The highest BCUT2D eigenvalue weighted by Gasteiger charge is 2.18. The van der Waals surface area contributed by atoms with Crippen LogP contribution in [0.15, 0.2) is 18.2 Å². The molecule has 126 valence electrons. The topological polar surface area (TPSA) is 61.4 Å². The Bertz CT molecular complexity index is 574. The van der Waals surface area contributed by atoms with Crippen LogP contribution in [0.4, 0.5) is 5.69 Å². The van der Waals surface area contributed by atoms with Gasteiger partial charge < -0.3 is 10.6 Å². The van der Waals surface area contributed by atoms with Gasteiger partial charge in [-0.3, -0.25) is 14.5 Å². The molecule has 0 spiro atoms. The van der Waals surface area contributed by atoms with Crippen molar-refractivity contribution < 1.29 is 9.59 Å². The van der Waals surface area contributed by atoms with Gasteiger partial charge in [-0.05, 0) is 38.1 Å². The number of carbonyl (C=O) groups is 2. The van der Waals surface area contributed by atoms with Crippen LogP contribution in [-0.2, 0) is 9.59 Å². The van der Waals surface area contributed by atoms with Crippen molar-refractivity contribution in [3.63, 3.8) is 0 Å². The van der Waals surface area contributed by atoms with E-state index in [0.717, 1.165) is 12.8 Å². The van der Waals surface area contributed by atoms with E-state index in [1.165, 1.54) is 12.8 Å². The zero-order valence-electron chi connectivity index (χ0n) is 13.1. The molecule has 0 atom stereocenters. The molecule has 1 aromatic carbocycles. The Labute approximate surface area is 146 Å². The molecule has 2 rings (SSSR count). The van der Waals surface area contributed by atoms with Crippen molar-refractivity contribution in [1.82, 2.24) is 10.2 Å². The van der Waals surface area contributed by atoms with Crippen LogP contribution in [0, 0.1) is 0 Å². The summed E-state index contributed by atoms with van der Waals surface area (Å²) in [5.74, 6) is -0.249. The van der Waals surface area contributed by atoms with Gasteiger partial charge in [-0.15, -0.1) is 0 Å². The van der Waals surface area contributed by atoms with Crippen LogP contribution in [0.5, 0.6) is 0 Å². The fraction of sp³-hybridized carbons (Fsp3) is 0.500. The smallest absolute Gasteiger partial charge is 0.238 e. The fourth-order valence-corrected chi connectivity index (χ4v) is 2.96. The first-order chi connectivity index (χ1) is 10.9. The largest absolute Gasteiger partial charge is 0.352 e. The molecule has 1 aliphatic carbocycles. The Morgan fingerprint density at radius 1 is 1.13 bits per heavy atom. The maximum absolute atomic E-state index is 12.0. The van der Waals surface area contributed by atoms with Crippen molar-refractivity contribution in [3.8, 4) is 0 Å². The Morgan fingerprint density at radius 2 is 1.78 bits per heavy atom. The number of hydrogen-bond donors (Lipinski definition) is 2. The molecular weight excluding hydrogens is 337 g/mol. The molecular formula is C16H21Cl2N3O2. The lowest BCUT2D eigenvalue weighted by atomic mass is 10.2. The first-order valence-electron chi connectivity index (χ1n) is 7.67. The van der Waals surface area contributed by atoms with Crippen molar-refractivity contribution in [2.45, 2.75) is 31.7 Å². The highest BCUT2D eigenvalue weighted by Crippen LogP contribution is 2.24. The summed E-state index contributed by atoms with van der Waals surface area (Å²) in [5.41, 5.74) is 0.577. The van der Waals surface area contributed by atoms with Gasteiger partial charge in [0.05, 0.1) is 23.1 Å². The number of amides is 2. The first kappa shape index (κ1) is 18.0. The van der Waals surface area contributed by atoms with Crippen LogP contribution < -0.4 is 10.6 Å². The minimum absolute atomic E-state index is 0.0401. The van der Waals surface area contributed by atoms with Gasteiger partial charge in [-0.2, -0.15) is 0 Å². The zero-order chi connectivity index (χ0) is 16.8. The molecule has 7 heteroatoms. The number of hydrogen-bond acceptors (Lipinski definition) is 3. The van der Waals surface area contributed by atoms with Gasteiger partial charge in [0.1, 0.15) is 0 Å². The number of nitrogens with one attached hydrogen (secondary N) is 2. The lowest BCUT2D eigenvalue weighted by Gasteiger charge is -2.18. The molecule has 0 unspecified atom stereocenters. The van der Waals surface area contributed by atoms with Gasteiger partial charge in [0.25, 0.3) is 0 Å². The fourth-order valence-electron chi connectivity index (χ4n) is 2.66. The third-order valence-corrected chi connectivity index (χ3v) is 4.49. The Kier molecular flexibility index (Phi) is 6.69. The van der Waals surface area contributed by atoms with Gasteiger partial charge in [0.15, 0.2) is 0 Å².